The number of hydrogen-bond donors (Lipinski definition) is 3. The van der Waals surface area contributed by atoms with Gasteiger partial charge in [0, 0.05) is 61.3 Å². The van der Waals surface area contributed by atoms with Gasteiger partial charge in [-0.3, -0.25) is 33.3 Å². The lowest BCUT2D eigenvalue weighted by molar-refractivity contribution is -0.139. The van der Waals surface area contributed by atoms with Gasteiger partial charge in [0.2, 0.25) is 29.5 Å². The Hall–Kier alpha value is -6.68. The Morgan fingerprint density at radius 3 is 2.29 bits per heavy atom. The molecule has 0 spiro atoms. The van der Waals surface area contributed by atoms with Crippen LogP contribution in [0.4, 0.5) is 17.5 Å². The molecule has 2 saturated carbocycles. The number of amides is 3. The van der Waals surface area contributed by atoms with Gasteiger partial charge in [-0.2, -0.15) is 4.98 Å². The molecule has 9 rings (SSSR count). The molecule has 20 nitrogen and oxygen atoms in total. The number of rotatable bonds is 23. The summed E-state index contributed by atoms with van der Waals surface area (Å²) in [6, 6.07) is 9.52. The maximum atomic E-state index is 14.2. The van der Waals surface area contributed by atoms with Crippen molar-refractivity contribution < 1.29 is 38.2 Å². The van der Waals surface area contributed by atoms with Gasteiger partial charge in [-0.15, -0.1) is 11.3 Å². The number of carbonyl (C=O) groups is 5. The van der Waals surface area contributed by atoms with Crippen molar-refractivity contribution in [2.24, 2.45) is 5.92 Å². The molecule has 6 heterocycles. The van der Waals surface area contributed by atoms with Gasteiger partial charge in [-0.05, 0) is 102 Å². The minimum absolute atomic E-state index is 0.0146. The number of piperazine rings is 1. The van der Waals surface area contributed by atoms with Crippen LogP contribution < -0.4 is 31.1 Å². The van der Waals surface area contributed by atoms with E-state index in [1.54, 1.807) is 67.5 Å². The first-order valence-electron chi connectivity index (χ1n) is 27.7. The fraction of sp³-hybridized carbons (Fsp3) is 0.544. The summed E-state index contributed by atoms with van der Waals surface area (Å²) < 4.78 is 19.1. The lowest BCUT2D eigenvalue weighted by Crippen LogP contribution is -2.55. The lowest BCUT2D eigenvalue weighted by Gasteiger charge is -2.36. The van der Waals surface area contributed by atoms with Crippen LogP contribution in [0.1, 0.15) is 140 Å². The number of carbonyl (C=O) groups excluding carboxylic acids is 5. The Morgan fingerprint density at radius 1 is 0.821 bits per heavy atom. The molecule has 78 heavy (non-hydrogen) atoms. The molecule has 416 valence electrons. The van der Waals surface area contributed by atoms with Crippen molar-refractivity contribution in [3.8, 4) is 5.75 Å². The number of pyridine rings is 2. The molecule has 2 aliphatic carbocycles. The number of ketones is 2. The van der Waals surface area contributed by atoms with Crippen LogP contribution >= 0.6 is 11.3 Å². The zero-order valence-corrected chi connectivity index (χ0v) is 46.1. The minimum Gasteiger partial charge on any atom is -0.491 e. The molecule has 2 saturated heterocycles. The van der Waals surface area contributed by atoms with Crippen LogP contribution in [0.2, 0.25) is 0 Å². The first-order chi connectivity index (χ1) is 37.9. The van der Waals surface area contributed by atoms with E-state index in [9.17, 15) is 28.8 Å². The highest BCUT2D eigenvalue weighted by molar-refractivity contribution is 7.10. The average Bonchev–Trinajstić information content (AvgIpc) is 4.29. The minimum atomic E-state index is -0.591. The van der Waals surface area contributed by atoms with Crippen LogP contribution in [0.3, 0.4) is 0 Å². The maximum Gasteiger partial charge on any atom is 0.263 e. The van der Waals surface area contributed by atoms with Crippen molar-refractivity contribution in [1.29, 1.82) is 0 Å². The molecule has 4 fully saturated rings. The number of aryl methyl sites for hydroxylation is 1. The molecule has 3 amide bonds. The summed E-state index contributed by atoms with van der Waals surface area (Å²) in [4.78, 5) is 105. The van der Waals surface area contributed by atoms with E-state index in [0.717, 1.165) is 81.3 Å². The van der Waals surface area contributed by atoms with Crippen molar-refractivity contribution in [3.63, 3.8) is 0 Å². The third kappa shape index (κ3) is 13.2. The maximum absolute atomic E-state index is 14.2. The Bertz CT molecular complexity index is 2980. The number of fused-ring (bicyclic) bond motifs is 1. The Balaban J connectivity index is 0.662. The van der Waals surface area contributed by atoms with E-state index >= 15 is 0 Å². The van der Waals surface area contributed by atoms with Crippen molar-refractivity contribution in [3.05, 3.63) is 91.9 Å². The second kappa shape index (κ2) is 26.3. The molecule has 21 heteroatoms. The Morgan fingerprint density at radius 2 is 1.56 bits per heavy atom. The topological polar surface area (TPSA) is 232 Å². The van der Waals surface area contributed by atoms with E-state index in [1.165, 1.54) is 18.3 Å². The van der Waals surface area contributed by atoms with Crippen LogP contribution in [0.5, 0.6) is 5.75 Å². The summed E-state index contributed by atoms with van der Waals surface area (Å²) >= 11 is 1.38. The Labute approximate surface area is 459 Å². The van der Waals surface area contributed by atoms with Gasteiger partial charge in [-0.1, -0.05) is 44.2 Å². The van der Waals surface area contributed by atoms with Gasteiger partial charge in [0.15, 0.2) is 5.78 Å². The summed E-state index contributed by atoms with van der Waals surface area (Å²) in [7, 11) is 1.73. The number of ether oxygens (including phenoxy) is 3. The van der Waals surface area contributed by atoms with Crippen LogP contribution in [0.25, 0.3) is 11.0 Å². The van der Waals surface area contributed by atoms with Crippen molar-refractivity contribution in [2.45, 2.75) is 122 Å². The van der Waals surface area contributed by atoms with E-state index < -0.39 is 12.1 Å². The number of anilines is 3. The highest BCUT2D eigenvalue weighted by Crippen LogP contribution is 2.37. The predicted molar refractivity (Wildman–Crippen MR) is 297 cm³/mol. The number of likely N-dealkylation sites (tertiary alicyclic amines) is 1. The van der Waals surface area contributed by atoms with Gasteiger partial charge >= 0.3 is 0 Å². The zero-order valence-electron chi connectivity index (χ0n) is 45.3. The molecule has 1 aromatic carbocycles. The monoisotopic (exact) mass is 1090 g/mol. The number of benzene rings is 1. The first-order valence-corrected chi connectivity index (χ1v) is 28.6. The normalized spacial score (nSPS) is 18.1. The molecular weight excluding hydrogens is 1010 g/mol. The number of thiazole rings is 1. The fourth-order valence-corrected chi connectivity index (χ4v) is 12.2. The van der Waals surface area contributed by atoms with Gasteiger partial charge < -0.3 is 44.9 Å². The van der Waals surface area contributed by atoms with E-state index in [-0.39, 0.29) is 78.0 Å². The highest BCUT2D eigenvalue weighted by Gasteiger charge is 2.40. The highest BCUT2D eigenvalue weighted by atomic mass is 32.1. The molecule has 2 aliphatic heterocycles. The lowest BCUT2D eigenvalue weighted by atomic mass is 9.83. The molecule has 4 aliphatic rings. The second-order valence-electron chi connectivity index (χ2n) is 20.8. The van der Waals surface area contributed by atoms with Crippen molar-refractivity contribution in [2.75, 3.05) is 83.0 Å². The van der Waals surface area contributed by atoms with Crippen LogP contribution in [0.15, 0.2) is 59.0 Å². The molecule has 0 radical (unpaired) electrons. The van der Waals surface area contributed by atoms with Gasteiger partial charge in [-0.25, -0.2) is 15.0 Å². The molecule has 0 unspecified atom stereocenters. The predicted octanol–water partition coefficient (Wildman–Crippen LogP) is 6.73. The largest absolute Gasteiger partial charge is 0.491 e. The zero-order chi connectivity index (χ0) is 54.7. The number of aromatic nitrogens is 5. The Kier molecular flexibility index (Phi) is 18.9. The van der Waals surface area contributed by atoms with Gasteiger partial charge in [0.1, 0.15) is 40.6 Å². The van der Waals surface area contributed by atoms with Crippen LogP contribution in [-0.4, -0.2) is 148 Å². The number of nitrogens with zero attached hydrogens (tertiary/aromatic N) is 8. The smallest absolute Gasteiger partial charge is 0.263 e. The number of nitrogens with one attached hydrogen (secondary N) is 3. The first kappa shape index (κ1) is 56.1. The third-order valence-electron chi connectivity index (χ3n) is 15.7. The second-order valence-corrected chi connectivity index (χ2v) is 21.7. The molecule has 3 atom stereocenters. The molecular formula is C57H73N11O9S. The quantitative estimate of drug-likeness (QED) is 0.0455. The van der Waals surface area contributed by atoms with Crippen LogP contribution in [0, 0.1) is 12.8 Å². The standard InChI is InChI=1S/C57H73N11O9S/c1-36-44-34-60-57(64-52(44)68(41-15-8-9-16-41)55(73)49(36)38(3)69)62-47-20-19-42(33-59-47)65-23-25-66(26-24-65)48(70)21-27-75-28-29-76-30-31-77-43-17-10-14-40(32-43)51(71)45-35-78-54(61-45)46-18-11-22-67(46)56(74)50(39-12-6-5-7-13-39)63-53(72)37(2)58-4/h10,14,17,19-20,32-35,37,39,41,46,50,58H,5-9,11-13,15-16,18,21-31H2,1-4H3,(H,63,72)(H,59,60,62,64)/t37-,46-,50-/m0/s1. The molecule has 0 bridgehead atoms. The summed E-state index contributed by atoms with van der Waals surface area (Å²) in [5, 5.41) is 12.4. The van der Waals surface area contributed by atoms with Crippen molar-refractivity contribution in [1.82, 2.24) is 44.9 Å². The summed E-state index contributed by atoms with van der Waals surface area (Å²) in [6.45, 7) is 9.55. The van der Waals surface area contributed by atoms with Gasteiger partial charge in [0.25, 0.3) is 5.56 Å². The van der Waals surface area contributed by atoms with E-state index in [4.69, 9.17) is 24.2 Å². The van der Waals surface area contributed by atoms with E-state index in [0.29, 0.717) is 97.9 Å². The summed E-state index contributed by atoms with van der Waals surface area (Å²) in [5.41, 5.74) is 2.70. The van der Waals surface area contributed by atoms with Crippen molar-refractivity contribution >= 4 is 69.1 Å². The third-order valence-corrected chi connectivity index (χ3v) is 16.7. The summed E-state index contributed by atoms with van der Waals surface area (Å²) in [5.74, 6) is 0.761. The SMILES string of the molecule is CN[C@@H](C)C(=O)N[C@H](C(=O)N1CCC[C@H]1c1nc(C(=O)c2cccc(OCCOCCOCCC(=O)N3CCN(c4ccc(Nc5ncc6c(C)c(C(C)=O)c(=O)n(C7CCCC7)c6n5)nc4)CC3)c2)cs1)C1CCCCC1. The number of likely N-dealkylation sites (N-methyl/N-ethyl adjacent to an activating group) is 1. The van der Waals surface area contributed by atoms with Crippen LogP contribution in [-0.2, 0) is 23.9 Å². The van der Waals surface area contributed by atoms with Gasteiger partial charge in [0.05, 0.1) is 62.4 Å². The van der Waals surface area contributed by atoms with E-state index in [2.05, 4.69) is 30.8 Å². The molecule has 3 N–H and O–H groups in total. The summed E-state index contributed by atoms with van der Waals surface area (Å²) in [6.07, 6.45) is 14.1. The number of hydrogen-bond acceptors (Lipinski definition) is 17. The fourth-order valence-electron chi connectivity index (χ4n) is 11.3. The number of Topliss-reactive ketones (excluding diaryl/α,β-unsaturated/α-hetero) is 1. The average molecular weight is 1090 g/mol. The molecule has 4 aromatic heterocycles. The molecule has 5 aromatic rings. The van der Waals surface area contributed by atoms with E-state index in [1.807, 2.05) is 21.9 Å².